The van der Waals surface area contributed by atoms with Gasteiger partial charge in [0, 0.05) is 6.61 Å². The highest BCUT2D eigenvalue weighted by Crippen LogP contribution is 2.31. The lowest BCUT2D eigenvalue weighted by molar-refractivity contribution is 0.0184. The average molecular weight is 197 g/mol. The van der Waals surface area contributed by atoms with Crippen LogP contribution in [0.15, 0.2) is 30.3 Å². The van der Waals surface area contributed by atoms with E-state index in [1.54, 1.807) is 0 Å². The summed E-state index contributed by atoms with van der Waals surface area (Å²) in [5.74, 6) is 0. The van der Waals surface area contributed by atoms with Gasteiger partial charge in [0.2, 0.25) is 0 Å². The van der Waals surface area contributed by atoms with Crippen LogP contribution in [0.5, 0.6) is 0 Å². The topological polar surface area (TPSA) is 9.23 Å². The Kier molecular flexibility index (Phi) is 2.87. The Bertz CT molecular complexity index is 260. The van der Waals surface area contributed by atoms with E-state index in [4.69, 9.17) is 16.3 Å². The third-order valence-corrected chi connectivity index (χ3v) is 2.83. The zero-order valence-electron chi connectivity index (χ0n) is 7.45. The van der Waals surface area contributed by atoms with Gasteiger partial charge in [-0.1, -0.05) is 30.3 Å². The molecule has 0 radical (unpaired) electrons. The van der Waals surface area contributed by atoms with Crippen LogP contribution in [0.1, 0.15) is 24.5 Å². The molecule has 1 fully saturated rings. The van der Waals surface area contributed by atoms with Gasteiger partial charge in [-0.2, -0.15) is 0 Å². The molecular formula is C11H13ClO. The number of hydrogen-bond donors (Lipinski definition) is 0. The second-order valence-corrected chi connectivity index (χ2v) is 3.92. The summed E-state index contributed by atoms with van der Waals surface area (Å²) in [6, 6.07) is 10.2. The van der Waals surface area contributed by atoms with Crippen molar-refractivity contribution in [3.05, 3.63) is 35.9 Å². The number of alkyl halides is 1. The first-order valence-electron chi connectivity index (χ1n) is 4.68. The largest absolute Gasteiger partial charge is 0.372 e. The Balaban J connectivity index is 2.15. The normalized spacial score (nSPS) is 28.7. The van der Waals surface area contributed by atoms with E-state index in [-0.39, 0.29) is 11.5 Å². The van der Waals surface area contributed by atoms with E-state index >= 15 is 0 Å². The minimum atomic E-state index is 0.0941. The van der Waals surface area contributed by atoms with Crippen LogP contribution in [0.2, 0.25) is 0 Å². The molecule has 13 heavy (non-hydrogen) atoms. The molecule has 0 unspecified atom stereocenters. The summed E-state index contributed by atoms with van der Waals surface area (Å²) < 4.78 is 5.64. The minimum Gasteiger partial charge on any atom is -0.372 e. The van der Waals surface area contributed by atoms with Crippen molar-refractivity contribution in [3.63, 3.8) is 0 Å². The van der Waals surface area contributed by atoms with Crippen LogP contribution in [0.4, 0.5) is 0 Å². The first-order valence-corrected chi connectivity index (χ1v) is 5.12. The fraction of sp³-hybridized carbons (Fsp3) is 0.455. The third-order valence-electron chi connectivity index (χ3n) is 2.38. The van der Waals surface area contributed by atoms with E-state index < -0.39 is 0 Å². The van der Waals surface area contributed by atoms with Gasteiger partial charge < -0.3 is 4.74 Å². The molecule has 2 rings (SSSR count). The van der Waals surface area contributed by atoms with Crippen molar-refractivity contribution < 1.29 is 4.74 Å². The molecule has 1 aliphatic heterocycles. The predicted molar refractivity (Wildman–Crippen MR) is 54.0 cm³/mol. The van der Waals surface area contributed by atoms with E-state index in [1.807, 2.05) is 18.2 Å². The number of halogens is 1. The van der Waals surface area contributed by atoms with Crippen molar-refractivity contribution in [2.24, 2.45) is 0 Å². The highest BCUT2D eigenvalue weighted by atomic mass is 35.5. The molecule has 2 heteroatoms. The molecule has 0 bridgehead atoms. The zero-order valence-corrected chi connectivity index (χ0v) is 8.20. The van der Waals surface area contributed by atoms with E-state index in [0.717, 1.165) is 19.4 Å². The first-order chi connectivity index (χ1) is 6.38. The summed E-state index contributed by atoms with van der Waals surface area (Å²) in [6.45, 7) is 0.836. The molecule has 0 spiro atoms. The van der Waals surface area contributed by atoms with Gasteiger partial charge in [-0.3, -0.25) is 0 Å². The van der Waals surface area contributed by atoms with Gasteiger partial charge >= 0.3 is 0 Å². The Hall–Kier alpha value is -0.530. The molecule has 1 saturated heterocycles. The average Bonchev–Trinajstić information content (AvgIpc) is 2.20. The van der Waals surface area contributed by atoms with Crippen LogP contribution in [0.3, 0.4) is 0 Å². The molecule has 0 amide bonds. The van der Waals surface area contributed by atoms with E-state index in [1.165, 1.54) is 5.56 Å². The SMILES string of the molecule is Cl[C@H]1CCCO[C@H]1c1ccccc1. The minimum absolute atomic E-state index is 0.0941. The summed E-state index contributed by atoms with van der Waals surface area (Å²) in [7, 11) is 0. The molecule has 1 aromatic carbocycles. The Morgan fingerprint density at radius 3 is 2.69 bits per heavy atom. The van der Waals surface area contributed by atoms with Crippen LogP contribution in [-0.4, -0.2) is 12.0 Å². The van der Waals surface area contributed by atoms with Crippen LogP contribution in [0, 0.1) is 0 Å². The maximum Gasteiger partial charge on any atom is 0.0988 e. The molecule has 1 aliphatic rings. The van der Waals surface area contributed by atoms with Gasteiger partial charge in [0.05, 0.1) is 11.5 Å². The molecule has 1 heterocycles. The van der Waals surface area contributed by atoms with Gasteiger partial charge in [-0.25, -0.2) is 0 Å². The second kappa shape index (κ2) is 4.12. The lowest BCUT2D eigenvalue weighted by Gasteiger charge is -2.27. The second-order valence-electron chi connectivity index (χ2n) is 3.36. The summed E-state index contributed by atoms with van der Waals surface area (Å²) in [6.07, 6.45) is 2.23. The summed E-state index contributed by atoms with van der Waals surface area (Å²) in [5, 5.41) is 0.135. The highest BCUT2D eigenvalue weighted by molar-refractivity contribution is 6.21. The van der Waals surface area contributed by atoms with Crippen LogP contribution in [-0.2, 0) is 4.74 Å². The summed E-state index contributed by atoms with van der Waals surface area (Å²) in [4.78, 5) is 0. The molecule has 1 nitrogen and oxygen atoms in total. The predicted octanol–water partition coefficient (Wildman–Crippen LogP) is 3.15. The fourth-order valence-corrected chi connectivity index (χ4v) is 2.06. The lowest BCUT2D eigenvalue weighted by Crippen LogP contribution is -2.22. The quantitative estimate of drug-likeness (QED) is 0.627. The Labute approximate surface area is 83.7 Å². The van der Waals surface area contributed by atoms with Crippen LogP contribution >= 0.6 is 11.6 Å². The van der Waals surface area contributed by atoms with E-state index in [0.29, 0.717) is 0 Å². The monoisotopic (exact) mass is 196 g/mol. The lowest BCUT2D eigenvalue weighted by atomic mass is 10.0. The number of hydrogen-bond acceptors (Lipinski definition) is 1. The van der Waals surface area contributed by atoms with Gasteiger partial charge in [0.25, 0.3) is 0 Å². The molecule has 0 N–H and O–H groups in total. The van der Waals surface area contributed by atoms with Crippen molar-refractivity contribution in [1.82, 2.24) is 0 Å². The highest BCUT2D eigenvalue weighted by Gasteiger charge is 2.24. The maximum absolute atomic E-state index is 6.19. The molecular weight excluding hydrogens is 184 g/mol. The van der Waals surface area contributed by atoms with Crippen molar-refractivity contribution in [1.29, 1.82) is 0 Å². The Morgan fingerprint density at radius 1 is 1.23 bits per heavy atom. The van der Waals surface area contributed by atoms with Gasteiger partial charge in [0.1, 0.15) is 0 Å². The van der Waals surface area contributed by atoms with Gasteiger partial charge in [-0.05, 0) is 18.4 Å². The van der Waals surface area contributed by atoms with Gasteiger partial charge in [-0.15, -0.1) is 11.6 Å². The molecule has 2 atom stereocenters. The van der Waals surface area contributed by atoms with Crippen molar-refractivity contribution in [3.8, 4) is 0 Å². The Morgan fingerprint density at radius 2 is 2.00 bits per heavy atom. The standard InChI is InChI=1S/C11H13ClO/c12-10-7-4-8-13-11(10)9-5-2-1-3-6-9/h1-3,5-6,10-11H,4,7-8H2/t10-,11-/m0/s1. The van der Waals surface area contributed by atoms with Crippen molar-refractivity contribution in [2.75, 3.05) is 6.61 Å². The summed E-state index contributed by atoms with van der Waals surface area (Å²) in [5.41, 5.74) is 1.20. The number of ether oxygens (including phenoxy) is 1. The molecule has 0 saturated carbocycles. The molecule has 0 aromatic heterocycles. The zero-order chi connectivity index (χ0) is 9.10. The molecule has 1 aromatic rings. The third kappa shape index (κ3) is 2.04. The van der Waals surface area contributed by atoms with E-state index in [2.05, 4.69) is 12.1 Å². The van der Waals surface area contributed by atoms with E-state index in [9.17, 15) is 0 Å². The number of rotatable bonds is 1. The maximum atomic E-state index is 6.19. The molecule has 70 valence electrons. The van der Waals surface area contributed by atoms with Crippen LogP contribution in [0.25, 0.3) is 0 Å². The van der Waals surface area contributed by atoms with Crippen molar-refractivity contribution >= 4 is 11.6 Å². The van der Waals surface area contributed by atoms with Crippen molar-refractivity contribution in [2.45, 2.75) is 24.3 Å². The summed E-state index contributed by atoms with van der Waals surface area (Å²) >= 11 is 6.19. The van der Waals surface area contributed by atoms with Gasteiger partial charge in [0.15, 0.2) is 0 Å². The first kappa shape index (κ1) is 9.04. The molecule has 0 aliphatic carbocycles. The smallest absolute Gasteiger partial charge is 0.0988 e. The fourth-order valence-electron chi connectivity index (χ4n) is 1.69. The van der Waals surface area contributed by atoms with Crippen LogP contribution < -0.4 is 0 Å². The number of benzene rings is 1.